The highest BCUT2D eigenvalue weighted by molar-refractivity contribution is 7.93. The summed E-state index contributed by atoms with van der Waals surface area (Å²) in [5.74, 6) is -1.64. The Labute approximate surface area is 790 Å². The zero-order valence-corrected chi connectivity index (χ0v) is 76.7. The number of nitrogens with one attached hydrogen (secondary N) is 3. The molecule has 39 heteroatoms. The topological polar surface area (TPSA) is 338 Å². The Bertz CT molecular complexity index is 6800. The van der Waals surface area contributed by atoms with E-state index in [1.165, 1.54) is 45.0 Å². The SMILES string of the molecule is O=C1C2CCCCC2C(=O)N1CCCN1CCCCCc2ccccc2-c2nc(ccc2C(F)(F)F)NS(=O)(=O)c2cccc1n2.O=C1c2ccccc2C(=O)N1CCCN1CCC/C=C/c2ccccc2-c2nc(ccc2C(F)(F)F)NS(=O)(=O)c2cccc1n2.O=C1c2ccccc2C(=O)N1CCCN1CCCCCc2ccccc2-c2nc(ccc2C(F)(F)F)NS(=O)(=O)c2cccc1n2. The third-order valence-corrected chi connectivity index (χ3v) is 28.7. The Morgan fingerprint density at radius 3 is 0.993 bits per heavy atom. The van der Waals surface area contributed by atoms with E-state index in [1.807, 2.05) is 20.8 Å². The quantitative estimate of drug-likeness (QED) is 0.0755. The summed E-state index contributed by atoms with van der Waals surface area (Å²) in [6.07, 6.45) is 0.718. The second kappa shape index (κ2) is 41.2. The number of alkyl halides is 9. The average molecular weight is 1950 g/mol. The number of amides is 6. The highest BCUT2D eigenvalue weighted by Gasteiger charge is 2.48. The van der Waals surface area contributed by atoms with Gasteiger partial charge in [0.1, 0.15) is 34.9 Å². The Hall–Kier alpha value is -13.8. The Balaban J connectivity index is 0.000000150. The molecule has 2 atom stereocenters. The summed E-state index contributed by atoms with van der Waals surface area (Å²) in [5.41, 5.74) is 0.173. The molecule has 27 nitrogen and oxygen atoms in total. The first-order valence-corrected chi connectivity index (χ1v) is 49.7. The van der Waals surface area contributed by atoms with Crippen LogP contribution in [-0.2, 0) is 71.0 Å². The first-order valence-electron chi connectivity index (χ1n) is 45.3. The minimum atomic E-state index is -4.73. The fourth-order valence-corrected chi connectivity index (χ4v) is 21.1. The molecule has 12 heterocycles. The summed E-state index contributed by atoms with van der Waals surface area (Å²) >= 11 is 0. The number of hydrogen-bond acceptors (Lipinski definition) is 21. The highest BCUT2D eigenvalue weighted by Crippen LogP contribution is 2.45. The van der Waals surface area contributed by atoms with E-state index in [4.69, 9.17) is 0 Å². The lowest BCUT2D eigenvalue weighted by molar-refractivity contribution is -0.140. The molecule has 11 aromatic rings. The standard InChI is InChI=1S/C33H36F3N5O4S.C33H30F3N5O4S.C33H28F3N5O4S/c3*34-33(35,36)26-17-18-27-37-30(26)23-12-4-3-11-22(23)10-2-1-7-19-40(28-15-8-16-29(38-28)46(44,45)39-27)20-9-21-41-31(42)24-13-5-6-14-25(24)32(41)43/h3-4,8,11-12,15-18,24-25H,1-2,5-7,9-10,13-14,19-21H2,(H,37,39);3-6,8,11-18H,1-2,7,9-10,19-21H2,(H,37,39);2-6,8,10-18H,1,7,9,19-21H2,(H,37,39)/b;;10-2+. The first-order chi connectivity index (χ1) is 66.1. The number of carbonyl (C=O) groups is 6. The molecule has 6 amide bonds. The van der Waals surface area contributed by atoms with Gasteiger partial charge < -0.3 is 14.7 Å². The first kappa shape index (κ1) is 97.3. The minimum absolute atomic E-state index is 0.0831. The van der Waals surface area contributed by atoms with Crippen LogP contribution in [0.4, 0.5) is 74.4 Å². The summed E-state index contributed by atoms with van der Waals surface area (Å²) < 4.78 is 214. The third-order valence-electron chi connectivity index (χ3n) is 25.0. The normalized spacial score (nSPS) is 18.4. The van der Waals surface area contributed by atoms with E-state index in [0.29, 0.717) is 178 Å². The van der Waals surface area contributed by atoms with Crippen molar-refractivity contribution in [2.24, 2.45) is 11.8 Å². The van der Waals surface area contributed by atoms with Crippen LogP contribution in [0.2, 0.25) is 0 Å². The van der Waals surface area contributed by atoms with Gasteiger partial charge in [-0.15, -0.1) is 0 Å². The van der Waals surface area contributed by atoms with Gasteiger partial charge in [0, 0.05) is 75.6 Å². The predicted molar refractivity (Wildman–Crippen MR) is 499 cm³/mol. The number of nitrogens with zero attached hydrogens (tertiary/aromatic N) is 12. The van der Waals surface area contributed by atoms with Crippen molar-refractivity contribution >= 4 is 106 Å². The maximum Gasteiger partial charge on any atom is 0.418 e. The van der Waals surface area contributed by atoms with Crippen LogP contribution in [0, 0.1) is 11.8 Å². The fourth-order valence-electron chi connectivity index (χ4n) is 18.2. The average Bonchev–Trinajstić information content (AvgIpc) is 1.55. The molecule has 0 spiro atoms. The molecule has 5 aromatic carbocycles. The number of aryl methyl sites for hydroxylation is 2. The molecule has 1 saturated carbocycles. The molecule has 1 saturated heterocycles. The Morgan fingerprint density at radius 2 is 0.630 bits per heavy atom. The van der Waals surface area contributed by atoms with Gasteiger partial charge in [-0.3, -0.25) is 57.6 Å². The van der Waals surface area contributed by atoms with E-state index in [0.717, 1.165) is 74.9 Å². The van der Waals surface area contributed by atoms with Gasteiger partial charge in [0.05, 0.1) is 67.9 Å². The summed E-state index contributed by atoms with van der Waals surface area (Å²) in [7, 11) is -13.0. The van der Waals surface area contributed by atoms with Crippen molar-refractivity contribution in [3.8, 4) is 33.8 Å². The van der Waals surface area contributed by atoms with Crippen LogP contribution < -0.4 is 28.9 Å². The minimum Gasteiger partial charge on any atom is -0.357 e. The molecular weight excluding hydrogens is 1860 g/mol. The lowest BCUT2D eigenvalue weighted by atomic mass is 9.81. The van der Waals surface area contributed by atoms with E-state index in [1.54, 1.807) is 152 Å². The van der Waals surface area contributed by atoms with Gasteiger partial charge >= 0.3 is 18.5 Å². The van der Waals surface area contributed by atoms with Crippen LogP contribution in [0.5, 0.6) is 0 Å². The van der Waals surface area contributed by atoms with E-state index in [-0.39, 0.29) is 115 Å². The predicted octanol–water partition coefficient (Wildman–Crippen LogP) is 18.5. The number of imide groups is 3. The lowest BCUT2D eigenvalue weighted by Gasteiger charge is -2.25. The fraction of sp³-hybridized carbons (Fsp3) is 0.313. The monoisotopic (exact) mass is 1950 g/mol. The summed E-state index contributed by atoms with van der Waals surface area (Å²) in [5, 5.41) is -0.975. The van der Waals surface area contributed by atoms with Crippen LogP contribution in [0.25, 0.3) is 39.8 Å². The summed E-state index contributed by atoms with van der Waals surface area (Å²) in [6, 6.07) is 52.3. The number of sulfonamides is 3. The Kier molecular flexibility index (Phi) is 29.1. The molecule has 1 aliphatic carbocycles. The number of anilines is 6. The van der Waals surface area contributed by atoms with Crippen LogP contribution in [0.1, 0.15) is 171 Å². The van der Waals surface area contributed by atoms with Gasteiger partial charge in [-0.2, -0.15) is 64.8 Å². The smallest absolute Gasteiger partial charge is 0.357 e. The highest BCUT2D eigenvalue weighted by atomic mass is 32.2. The largest absolute Gasteiger partial charge is 0.418 e. The number of benzene rings is 5. The van der Waals surface area contributed by atoms with Gasteiger partial charge in [0.15, 0.2) is 15.1 Å². The number of pyridine rings is 6. The number of hydrogen-bond donors (Lipinski definition) is 3. The maximum atomic E-state index is 14.1. The van der Waals surface area contributed by atoms with Crippen molar-refractivity contribution in [3.63, 3.8) is 0 Å². The molecular formula is C99H94F9N15O12S3. The number of aromatic nitrogens is 6. The van der Waals surface area contributed by atoms with Crippen molar-refractivity contribution in [2.75, 3.05) is 87.8 Å². The van der Waals surface area contributed by atoms with Gasteiger partial charge in [0.2, 0.25) is 11.8 Å². The lowest BCUT2D eigenvalue weighted by Crippen LogP contribution is -2.35. The number of allylic oxidation sites excluding steroid dienone is 1. The molecule has 18 rings (SSSR count). The van der Waals surface area contributed by atoms with Crippen molar-refractivity contribution in [2.45, 2.75) is 143 Å². The van der Waals surface area contributed by atoms with Crippen LogP contribution in [0.3, 0.4) is 0 Å². The number of carbonyl (C=O) groups excluding carboxylic acids is 6. The second-order valence-corrected chi connectivity index (χ2v) is 39.0. The molecule has 12 bridgehead atoms. The van der Waals surface area contributed by atoms with Gasteiger partial charge in [-0.05, 0) is 197 Å². The van der Waals surface area contributed by atoms with Crippen molar-refractivity contribution in [3.05, 3.63) is 274 Å². The van der Waals surface area contributed by atoms with Crippen molar-refractivity contribution in [1.29, 1.82) is 0 Å². The summed E-state index contributed by atoms with van der Waals surface area (Å²) in [4.78, 5) is 113. The molecule has 6 aromatic heterocycles. The zero-order chi connectivity index (χ0) is 97.4. The van der Waals surface area contributed by atoms with E-state index < -0.39 is 71.0 Å². The number of fused-ring (bicyclic) bond motifs is 21. The van der Waals surface area contributed by atoms with Crippen molar-refractivity contribution in [1.82, 2.24) is 44.6 Å². The number of halogens is 9. The maximum absolute atomic E-state index is 14.1. The molecule has 7 aliphatic rings. The van der Waals surface area contributed by atoms with Gasteiger partial charge in [-0.25, -0.2) is 29.9 Å². The van der Waals surface area contributed by atoms with E-state index >= 15 is 0 Å². The van der Waals surface area contributed by atoms with Gasteiger partial charge in [0.25, 0.3) is 53.7 Å². The Morgan fingerprint density at radius 1 is 0.312 bits per heavy atom. The van der Waals surface area contributed by atoms with E-state index in [9.17, 15) is 93.5 Å². The molecule has 138 heavy (non-hydrogen) atoms. The number of rotatable bonds is 12. The molecule has 3 N–H and O–H groups in total. The molecule has 2 fully saturated rings. The van der Waals surface area contributed by atoms with E-state index in [2.05, 4.69) is 44.1 Å². The van der Waals surface area contributed by atoms with Gasteiger partial charge in [-0.1, -0.05) is 153 Å². The molecule has 6 aliphatic heterocycles. The van der Waals surface area contributed by atoms with Crippen LogP contribution in [0.15, 0.2) is 233 Å². The second-order valence-electron chi connectivity index (χ2n) is 34.1. The zero-order valence-electron chi connectivity index (χ0n) is 74.3. The molecule has 718 valence electrons. The van der Waals surface area contributed by atoms with Crippen molar-refractivity contribution < 1.29 is 93.5 Å². The van der Waals surface area contributed by atoms with Crippen LogP contribution >= 0.6 is 0 Å². The third kappa shape index (κ3) is 21.9. The van der Waals surface area contributed by atoms with Crippen LogP contribution in [-0.4, -0.2) is 164 Å². The number of likely N-dealkylation sites (tertiary alicyclic amines) is 1. The molecule has 2 unspecified atom stereocenters. The molecule has 0 radical (unpaired) electrons. The summed E-state index contributed by atoms with van der Waals surface area (Å²) in [6.45, 7) is 3.35.